The molecule has 0 radical (unpaired) electrons. The number of nitrogens with zero attached hydrogens (tertiary/aromatic N) is 3. The van der Waals surface area contributed by atoms with Gasteiger partial charge in [-0.1, -0.05) is 25.1 Å². The number of rotatable bonds is 4. The Morgan fingerprint density at radius 3 is 2.56 bits per heavy atom. The molecule has 1 aromatic heterocycles. The summed E-state index contributed by atoms with van der Waals surface area (Å²) in [7, 11) is 0. The molecule has 0 aromatic carbocycles. The van der Waals surface area contributed by atoms with E-state index in [1.165, 1.54) is 18.7 Å². The summed E-state index contributed by atoms with van der Waals surface area (Å²) >= 11 is 4.93. The third kappa shape index (κ3) is 3.01. The Hall–Kier alpha value is -1.56. The second-order valence-corrected chi connectivity index (χ2v) is 4.99. The van der Waals surface area contributed by atoms with Gasteiger partial charge in [0.15, 0.2) is 0 Å². The summed E-state index contributed by atoms with van der Waals surface area (Å²) in [5, 5.41) is 0. The van der Waals surface area contributed by atoms with Crippen LogP contribution >= 0.6 is 12.2 Å². The Morgan fingerprint density at radius 1 is 1.39 bits per heavy atom. The molecule has 1 fully saturated rings. The molecular weight excluding hydrogens is 248 g/mol. The van der Waals surface area contributed by atoms with Crippen LogP contribution in [0.2, 0.25) is 0 Å². The van der Waals surface area contributed by atoms with E-state index in [1.54, 1.807) is 4.90 Å². The lowest BCUT2D eigenvalue weighted by Gasteiger charge is -2.28. The van der Waals surface area contributed by atoms with Crippen LogP contribution in [-0.4, -0.2) is 38.4 Å². The molecule has 1 aromatic rings. The van der Waals surface area contributed by atoms with Crippen LogP contribution in [0.1, 0.15) is 36.0 Å². The van der Waals surface area contributed by atoms with Crippen molar-refractivity contribution in [3.63, 3.8) is 0 Å². The summed E-state index contributed by atoms with van der Waals surface area (Å²) in [6.45, 7) is 0.327. The minimum Gasteiger partial charge on any atom is -0.392 e. The number of amides is 1. The fraction of sp³-hybridized carbons (Fsp3) is 0.500. The maximum atomic E-state index is 12.4. The predicted octanol–water partition coefficient (Wildman–Crippen LogP) is 1.15. The van der Waals surface area contributed by atoms with Crippen LogP contribution in [0.15, 0.2) is 18.7 Å². The normalized spacial score (nSPS) is 15.6. The van der Waals surface area contributed by atoms with Gasteiger partial charge in [0.2, 0.25) is 0 Å². The van der Waals surface area contributed by atoms with Gasteiger partial charge in [-0.2, -0.15) is 0 Å². The topological polar surface area (TPSA) is 72.1 Å². The van der Waals surface area contributed by atoms with Gasteiger partial charge in [-0.25, -0.2) is 9.97 Å². The first-order valence-electron chi connectivity index (χ1n) is 6.03. The average molecular weight is 264 g/mol. The highest BCUT2D eigenvalue weighted by atomic mass is 32.1. The van der Waals surface area contributed by atoms with E-state index >= 15 is 0 Å². The number of nitrogens with two attached hydrogens (primary N) is 1. The van der Waals surface area contributed by atoms with E-state index in [0.29, 0.717) is 17.1 Å². The van der Waals surface area contributed by atoms with Crippen molar-refractivity contribution in [1.82, 2.24) is 14.9 Å². The molecule has 1 amide bonds. The van der Waals surface area contributed by atoms with Gasteiger partial charge >= 0.3 is 0 Å². The largest absolute Gasteiger partial charge is 0.392 e. The van der Waals surface area contributed by atoms with Gasteiger partial charge in [0.05, 0.1) is 17.1 Å². The van der Waals surface area contributed by atoms with Crippen molar-refractivity contribution in [3.8, 4) is 0 Å². The number of thiocarbonyl (C=S) groups is 1. The van der Waals surface area contributed by atoms with Crippen molar-refractivity contribution in [2.75, 3.05) is 6.54 Å². The summed E-state index contributed by atoms with van der Waals surface area (Å²) in [6.07, 6.45) is 8.79. The number of hydrogen-bond donors (Lipinski definition) is 1. The van der Waals surface area contributed by atoms with Crippen molar-refractivity contribution >= 4 is 23.1 Å². The van der Waals surface area contributed by atoms with E-state index < -0.39 is 0 Å². The first-order chi connectivity index (χ1) is 8.68. The maximum Gasteiger partial charge on any atom is 0.257 e. The summed E-state index contributed by atoms with van der Waals surface area (Å²) in [4.78, 5) is 22.2. The molecule has 1 aliphatic carbocycles. The Labute approximate surface area is 111 Å². The first-order valence-corrected chi connectivity index (χ1v) is 6.43. The summed E-state index contributed by atoms with van der Waals surface area (Å²) in [5.74, 6) is -0.0877. The molecule has 5 nitrogen and oxygen atoms in total. The van der Waals surface area contributed by atoms with E-state index in [0.717, 1.165) is 25.7 Å². The molecule has 6 heteroatoms. The quantitative estimate of drug-likeness (QED) is 0.826. The highest BCUT2D eigenvalue weighted by Gasteiger charge is 2.27. The number of carbonyl (C=O) groups is 1. The fourth-order valence-corrected chi connectivity index (χ4v) is 2.46. The third-order valence-electron chi connectivity index (χ3n) is 3.16. The molecule has 1 saturated carbocycles. The molecule has 2 rings (SSSR count). The van der Waals surface area contributed by atoms with Crippen molar-refractivity contribution in [3.05, 3.63) is 24.3 Å². The standard InChI is InChI=1S/C12H16N4OS/c13-11(18)7-16(10-3-1-2-4-10)12(17)9-5-14-8-15-6-9/h5-6,8,10H,1-4,7H2,(H2,13,18). The summed E-state index contributed by atoms with van der Waals surface area (Å²) < 4.78 is 0. The Kier molecular flexibility index (Phi) is 4.19. The van der Waals surface area contributed by atoms with Gasteiger partial charge in [0.1, 0.15) is 6.33 Å². The Morgan fingerprint density at radius 2 is 2.00 bits per heavy atom. The molecule has 0 bridgehead atoms. The number of carbonyl (C=O) groups excluding carboxylic acids is 1. The van der Waals surface area contributed by atoms with Crippen molar-refractivity contribution in [1.29, 1.82) is 0 Å². The van der Waals surface area contributed by atoms with Gasteiger partial charge in [-0.15, -0.1) is 0 Å². The second-order valence-electron chi connectivity index (χ2n) is 4.46. The van der Waals surface area contributed by atoms with Crippen LogP contribution in [-0.2, 0) is 0 Å². The lowest BCUT2D eigenvalue weighted by molar-refractivity contribution is 0.0714. The number of aromatic nitrogens is 2. The highest BCUT2D eigenvalue weighted by Crippen LogP contribution is 2.24. The van der Waals surface area contributed by atoms with Crippen molar-refractivity contribution < 1.29 is 4.79 Å². The lowest BCUT2D eigenvalue weighted by atomic mass is 10.1. The van der Waals surface area contributed by atoms with E-state index in [9.17, 15) is 4.79 Å². The molecule has 1 heterocycles. The van der Waals surface area contributed by atoms with Gasteiger partial charge in [-0.3, -0.25) is 4.79 Å². The lowest BCUT2D eigenvalue weighted by Crippen LogP contribution is -2.43. The minimum atomic E-state index is -0.0877. The average Bonchev–Trinajstić information content (AvgIpc) is 2.89. The third-order valence-corrected chi connectivity index (χ3v) is 3.29. The van der Waals surface area contributed by atoms with Crippen molar-refractivity contribution in [2.45, 2.75) is 31.7 Å². The monoisotopic (exact) mass is 264 g/mol. The van der Waals surface area contributed by atoms with E-state index in [-0.39, 0.29) is 11.9 Å². The van der Waals surface area contributed by atoms with Crippen LogP contribution in [0.3, 0.4) is 0 Å². The van der Waals surface area contributed by atoms with Gasteiger partial charge in [-0.05, 0) is 12.8 Å². The minimum absolute atomic E-state index is 0.0877. The molecule has 0 spiro atoms. The molecule has 0 saturated heterocycles. The molecule has 0 atom stereocenters. The molecule has 0 unspecified atom stereocenters. The van der Waals surface area contributed by atoms with Crippen LogP contribution in [0.4, 0.5) is 0 Å². The summed E-state index contributed by atoms with van der Waals surface area (Å²) in [5.41, 5.74) is 6.07. The molecule has 96 valence electrons. The molecule has 18 heavy (non-hydrogen) atoms. The van der Waals surface area contributed by atoms with Gasteiger partial charge in [0.25, 0.3) is 5.91 Å². The zero-order chi connectivity index (χ0) is 13.0. The van der Waals surface area contributed by atoms with E-state index in [4.69, 9.17) is 18.0 Å². The van der Waals surface area contributed by atoms with Crippen molar-refractivity contribution in [2.24, 2.45) is 5.73 Å². The van der Waals surface area contributed by atoms with Gasteiger partial charge in [0, 0.05) is 18.4 Å². The first kappa shape index (κ1) is 12.9. The molecule has 0 aliphatic heterocycles. The van der Waals surface area contributed by atoms with Gasteiger partial charge < -0.3 is 10.6 Å². The number of hydrogen-bond acceptors (Lipinski definition) is 4. The van der Waals surface area contributed by atoms with Crippen LogP contribution in [0.5, 0.6) is 0 Å². The highest BCUT2D eigenvalue weighted by molar-refractivity contribution is 7.80. The zero-order valence-electron chi connectivity index (χ0n) is 10.1. The van der Waals surface area contributed by atoms with Crippen LogP contribution < -0.4 is 5.73 Å². The molecular formula is C12H16N4OS. The van der Waals surface area contributed by atoms with E-state index in [2.05, 4.69) is 9.97 Å². The Bertz CT molecular complexity index is 431. The fourth-order valence-electron chi connectivity index (χ4n) is 2.33. The zero-order valence-corrected chi connectivity index (χ0v) is 10.9. The smallest absolute Gasteiger partial charge is 0.257 e. The SMILES string of the molecule is NC(=S)CN(C(=O)c1cncnc1)C1CCCC1. The molecule has 1 aliphatic rings. The van der Waals surface area contributed by atoms with Crippen LogP contribution in [0, 0.1) is 0 Å². The Balaban J connectivity index is 2.17. The van der Waals surface area contributed by atoms with Crippen LogP contribution in [0.25, 0.3) is 0 Å². The maximum absolute atomic E-state index is 12.4. The molecule has 2 N–H and O–H groups in total. The second kappa shape index (κ2) is 5.86. The summed E-state index contributed by atoms with van der Waals surface area (Å²) in [6, 6.07) is 0.235. The van der Waals surface area contributed by atoms with E-state index in [1.807, 2.05) is 0 Å². The predicted molar refractivity (Wildman–Crippen MR) is 72.1 cm³/mol.